The molecular weight excluding hydrogens is 260 g/mol. The van der Waals surface area contributed by atoms with E-state index >= 15 is 0 Å². The Kier molecular flexibility index (Phi) is 5.40. The molecule has 1 atom stereocenters. The van der Waals surface area contributed by atoms with Crippen LogP contribution in [0.4, 0.5) is 0 Å². The lowest BCUT2D eigenvalue weighted by Crippen LogP contribution is -2.07. The summed E-state index contributed by atoms with van der Waals surface area (Å²) in [5, 5.41) is 9.47. The minimum Gasteiger partial charge on any atom is -0.488 e. The highest BCUT2D eigenvalue weighted by Crippen LogP contribution is 2.35. The van der Waals surface area contributed by atoms with Gasteiger partial charge in [0.1, 0.15) is 12.4 Å². The molecule has 2 rings (SSSR count). The van der Waals surface area contributed by atoms with Gasteiger partial charge in [-0.05, 0) is 22.6 Å². The second kappa shape index (κ2) is 7.28. The van der Waals surface area contributed by atoms with E-state index in [2.05, 4.69) is 32.0 Å². The third-order valence-corrected chi connectivity index (χ3v) is 3.73. The van der Waals surface area contributed by atoms with Crippen LogP contribution in [-0.4, -0.2) is 11.7 Å². The van der Waals surface area contributed by atoms with Gasteiger partial charge in [0.05, 0.1) is 0 Å². The van der Waals surface area contributed by atoms with E-state index in [1.807, 2.05) is 37.3 Å². The molecule has 0 aliphatic rings. The molecule has 0 aliphatic heterocycles. The average Bonchev–Trinajstić information content (AvgIpc) is 2.52. The first kappa shape index (κ1) is 15.6. The lowest BCUT2D eigenvalue weighted by atomic mass is 9.93. The van der Waals surface area contributed by atoms with Crippen LogP contribution in [0, 0.1) is 0 Å². The molecule has 0 amide bonds. The quantitative estimate of drug-likeness (QED) is 0.847. The second-order valence-electron chi connectivity index (χ2n) is 5.78. The smallest absolute Gasteiger partial charge is 0.126 e. The lowest BCUT2D eigenvalue weighted by molar-refractivity contribution is 0.261. The Morgan fingerprint density at radius 3 is 2.19 bits per heavy atom. The molecule has 112 valence electrons. The molecule has 0 heterocycles. The summed E-state index contributed by atoms with van der Waals surface area (Å²) in [5.41, 5.74) is 3.43. The molecule has 0 radical (unpaired) electrons. The number of hydrogen-bond donors (Lipinski definition) is 1. The SMILES string of the molecule is CC(C)c1cccc([C@@H](C)CO)c1OCc1ccccc1. The first-order valence-electron chi connectivity index (χ1n) is 7.53. The van der Waals surface area contributed by atoms with Crippen LogP contribution < -0.4 is 4.74 Å². The normalized spacial score (nSPS) is 12.4. The predicted octanol–water partition coefficient (Wildman–Crippen LogP) is 4.48. The van der Waals surface area contributed by atoms with E-state index in [0.29, 0.717) is 12.5 Å². The molecule has 0 aliphatic carbocycles. The molecule has 0 unspecified atom stereocenters. The molecule has 0 aromatic heterocycles. The van der Waals surface area contributed by atoms with Crippen LogP contribution in [-0.2, 0) is 6.61 Å². The van der Waals surface area contributed by atoms with Crippen molar-refractivity contribution in [1.82, 2.24) is 0 Å². The van der Waals surface area contributed by atoms with E-state index < -0.39 is 0 Å². The lowest BCUT2D eigenvalue weighted by Gasteiger charge is -2.20. The maximum absolute atomic E-state index is 9.47. The average molecular weight is 284 g/mol. The van der Waals surface area contributed by atoms with Crippen molar-refractivity contribution in [3.05, 3.63) is 65.2 Å². The van der Waals surface area contributed by atoms with E-state index in [1.54, 1.807) is 0 Å². The minimum absolute atomic E-state index is 0.0782. The van der Waals surface area contributed by atoms with Crippen molar-refractivity contribution in [2.24, 2.45) is 0 Å². The van der Waals surface area contributed by atoms with Gasteiger partial charge in [0.15, 0.2) is 0 Å². The largest absolute Gasteiger partial charge is 0.488 e. The Morgan fingerprint density at radius 2 is 1.57 bits per heavy atom. The van der Waals surface area contributed by atoms with E-state index in [4.69, 9.17) is 4.74 Å². The summed E-state index contributed by atoms with van der Waals surface area (Å²) in [6.07, 6.45) is 0. The highest BCUT2D eigenvalue weighted by Gasteiger charge is 2.16. The van der Waals surface area contributed by atoms with E-state index in [-0.39, 0.29) is 12.5 Å². The number of para-hydroxylation sites is 1. The Balaban J connectivity index is 2.30. The Labute approximate surface area is 127 Å². The van der Waals surface area contributed by atoms with Crippen LogP contribution in [0.5, 0.6) is 5.75 Å². The van der Waals surface area contributed by atoms with Gasteiger partial charge in [0, 0.05) is 12.5 Å². The summed E-state index contributed by atoms with van der Waals surface area (Å²) >= 11 is 0. The topological polar surface area (TPSA) is 29.5 Å². The van der Waals surface area contributed by atoms with Gasteiger partial charge >= 0.3 is 0 Å². The van der Waals surface area contributed by atoms with Gasteiger partial charge in [-0.15, -0.1) is 0 Å². The number of ether oxygens (including phenoxy) is 1. The first-order valence-corrected chi connectivity index (χ1v) is 7.53. The van der Waals surface area contributed by atoms with Crippen molar-refractivity contribution in [3.8, 4) is 5.75 Å². The molecule has 1 N–H and O–H groups in total. The van der Waals surface area contributed by atoms with Gasteiger partial charge in [0.2, 0.25) is 0 Å². The highest BCUT2D eigenvalue weighted by atomic mass is 16.5. The zero-order chi connectivity index (χ0) is 15.2. The number of aliphatic hydroxyl groups is 1. The minimum atomic E-state index is 0.0782. The molecular formula is C19H24O2. The Bertz CT molecular complexity index is 561. The molecule has 2 aromatic carbocycles. The number of rotatable bonds is 6. The molecule has 0 bridgehead atoms. The second-order valence-corrected chi connectivity index (χ2v) is 5.78. The summed E-state index contributed by atoms with van der Waals surface area (Å²) in [5.74, 6) is 1.40. The van der Waals surface area contributed by atoms with E-state index in [1.165, 1.54) is 5.56 Å². The fourth-order valence-electron chi connectivity index (χ4n) is 2.41. The number of benzene rings is 2. The molecule has 2 aromatic rings. The summed E-state index contributed by atoms with van der Waals surface area (Å²) in [6, 6.07) is 16.4. The summed E-state index contributed by atoms with van der Waals surface area (Å²) in [4.78, 5) is 0. The van der Waals surface area contributed by atoms with Crippen molar-refractivity contribution in [2.45, 2.75) is 39.2 Å². The van der Waals surface area contributed by atoms with Crippen molar-refractivity contribution >= 4 is 0 Å². The van der Waals surface area contributed by atoms with Crippen molar-refractivity contribution in [2.75, 3.05) is 6.61 Å². The summed E-state index contributed by atoms with van der Waals surface area (Å²) in [7, 11) is 0. The van der Waals surface area contributed by atoms with Crippen molar-refractivity contribution < 1.29 is 9.84 Å². The van der Waals surface area contributed by atoms with Gasteiger partial charge in [-0.3, -0.25) is 0 Å². The maximum atomic E-state index is 9.47. The molecule has 21 heavy (non-hydrogen) atoms. The Morgan fingerprint density at radius 1 is 0.905 bits per heavy atom. The molecule has 0 saturated heterocycles. The van der Waals surface area contributed by atoms with Crippen LogP contribution in [0.3, 0.4) is 0 Å². The van der Waals surface area contributed by atoms with Crippen LogP contribution in [0.1, 0.15) is 49.3 Å². The van der Waals surface area contributed by atoms with Gasteiger partial charge in [0.25, 0.3) is 0 Å². The van der Waals surface area contributed by atoms with Crippen LogP contribution >= 0.6 is 0 Å². The van der Waals surface area contributed by atoms with Gasteiger partial charge < -0.3 is 9.84 Å². The van der Waals surface area contributed by atoms with Gasteiger partial charge in [-0.2, -0.15) is 0 Å². The van der Waals surface area contributed by atoms with Crippen LogP contribution in [0.2, 0.25) is 0 Å². The molecule has 2 heteroatoms. The van der Waals surface area contributed by atoms with Crippen molar-refractivity contribution in [1.29, 1.82) is 0 Å². The van der Waals surface area contributed by atoms with E-state index in [0.717, 1.165) is 16.9 Å². The predicted molar refractivity (Wildman–Crippen MR) is 86.8 cm³/mol. The zero-order valence-electron chi connectivity index (χ0n) is 13.0. The third kappa shape index (κ3) is 3.85. The standard InChI is InChI=1S/C19H24O2/c1-14(2)17-10-7-11-18(15(3)12-20)19(17)21-13-16-8-5-4-6-9-16/h4-11,14-15,20H,12-13H2,1-3H3/t15-/m0/s1. The fraction of sp³-hybridized carbons (Fsp3) is 0.368. The molecule has 0 saturated carbocycles. The van der Waals surface area contributed by atoms with Gasteiger partial charge in [-0.25, -0.2) is 0 Å². The zero-order valence-corrected chi connectivity index (χ0v) is 13.0. The summed E-state index contributed by atoms with van der Waals surface area (Å²) in [6.45, 7) is 7.03. The monoisotopic (exact) mass is 284 g/mol. The molecule has 2 nitrogen and oxygen atoms in total. The van der Waals surface area contributed by atoms with Crippen LogP contribution in [0.15, 0.2) is 48.5 Å². The van der Waals surface area contributed by atoms with E-state index in [9.17, 15) is 5.11 Å². The summed E-state index contributed by atoms with van der Waals surface area (Å²) < 4.78 is 6.13. The van der Waals surface area contributed by atoms with Gasteiger partial charge in [-0.1, -0.05) is 69.3 Å². The Hall–Kier alpha value is -1.80. The number of aliphatic hydroxyl groups excluding tert-OH is 1. The first-order chi connectivity index (χ1) is 10.1. The molecule has 0 fully saturated rings. The maximum Gasteiger partial charge on any atom is 0.126 e. The molecule has 0 spiro atoms. The highest BCUT2D eigenvalue weighted by molar-refractivity contribution is 5.45. The number of hydrogen-bond acceptors (Lipinski definition) is 2. The third-order valence-electron chi connectivity index (χ3n) is 3.73. The fourth-order valence-corrected chi connectivity index (χ4v) is 2.41. The van der Waals surface area contributed by atoms with Crippen LogP contribution in [0.25, 0.3) is 0 Å². The van der Waals surface area contributed by atoms with Crippen molar-refractivity contribution in [3.63, 3.8) is 0 Å².